The summed E-state index contributed by atoms with van der Waals surface area (Å²) in [6, 6.07) is 0.227. The maximum atomic E-state index is 5.51. The first-order valence-electron chi connectivity index (χ1n) is 9.41. The molecule has 9 heteroatoms. The number of aryl methyl sites for hydroxylation is 1. The van der Waals surface area contributed by atoms with E-state index in [4.69, 9.17) is 14.7 Å². The van der Waals surface area contributed by atoms with E-state index in [0.717, 1.165) is 53.1 Å². The fourth-order valence-corrected chi connectivity index (χ4v) is 3.64. The lowest BCUT2D eigenvalue weighted by molar-refractivity contribution is 0.122. The smallest absolute Gasteiger partial charge is 0.255 e. The van der Waals surface area contributed by atoms with E-state index in [1.54, 1.807) is 0 Å². The summed E-state index contributed by atoms with van der Waals surface area (Å²) in [4.78, 5) is 16.4. The standard InChI is InChI=1S/C18H22N8O/c1-4-14-21-18-22-17(24-5-7-27-8-6-24)12-9-19-16-13(15(12)26(18)23-14)10-20-25(16)11(2)3/h9-11H,4-8H2,1-3H3. The minimum atomic E-state index is 0.227. The molecular weight excluding hydrogens is 344 g/mol. The molecule has 0 aromatic carbocycles. The van der Waals surface area contributed by atoms with Gasteiger partial charge in [-0.05, 0) is 13.8 Å². The summed E-state index contributed by atoms with van der Waals surface area (Å²) in [5.41, 5.74) is 1.82. The normalized spacial score (nSPS) is 15.6. The third kappa shape index (κ3) is 2.45. The zero-order valence-electron chi connectivity index (χ0n) is 15.8. The molecule has 0 saturated carbocycles. The average Bonchev–Trinajstić information content (AvgIpc) is 3.31. The Labute approximate surface area is 156 Å². The Morgan fingerprint density at radius 1 is 1.11 bits per heavy atom. The topological polar surface area (TPSA) is 86.3 Å². The van der Waals surface area contributed by atoms with Crippen LogP contribution < -0.4 is 4.90 Å². The molecule has 0 aliphatic carbocycles. The first-order chi connectivity index (χ1) is 13.2. The summed E-state index contributed by atoms with van der Waals surface area (Å²) in [5.74, 6) is 2.29. The van der Waals surface area contributed by atoms with Crippen molar-refractivity contribution in [2.75, 3.05) is 31.2 Å². The molecule has 1 saturated heterocycles. The maximum Gasteiger partial charge on any atom is 0.255 e. The van der Waals surface area contributed by atoms with Crippen LogP contribution in [0.5, 0.6) is 0 Å². The predicted octanol–water partition coefficient (Wildman–Crippen LogP) is 2.00. The zero-order valence-corrected chi connectivity index (χ0v) is 15.8. The lowest BCUT2D eigenvalue weighted by atomic mass is 10.2. The number of aromatic nitrogens is 7. The molecule has 27 heavy (non-hydrogen) atoms. The summed E-state index contributed by atoms with van der Waals surface area (Å²) >= 11 is 0. The number of fused-ring (bicyclic) bond motifs is 5. The zero-order chi connectivity index (χ0) is 18.5. The molecule has 1 aliphatic rings. The molecule has 5 heterocycles. The summed E-state index contributed by atoms with van der Waals surface area (Å²) in [6.07, 6.45) is 4.53. The van der Waals surface area contributed by atoms with Gasteiger partial charge in [-0.1, -0.05) is 6.92 Å². The van der Waals surface area contributed by atoms with E-state index < -0.39 is 0 Å². The van der Waals surface area contributed by atoms with Crippen molar-refractivity contribution in [2.24, 2.45) is 0 Å². The summed E-state index contributed by atoms with van der Waals surface area (Å²) in [6.45, 7) is 9.25. The minimum Gasteiger partial charge on any atom is -0.378 e. The van der Waals surface area contributed by atoms with E-state index in [2.05, 4.69) is 33.9 Å². The second-order valence-electron chi connectivity index (χ2n) is 7.07. The molecule has 0 radical (unpaired) electrons. The molecule has 9 nitrogen and oxygen atoms in total. The Balaban J connectivity index is 1.88. The van der Waals surface area contributed by atoms with E-state index in [0.29, 0.717) is 19.0 Å². The molecule has 0 bridgehead atoms. The lowest BCUT2D eigenvalue weighted by Crippen LogP contribution is -2.37. The molecule has 1 aliphatic heterocycles. The first-order valence-corrected chi connectivity index (χ1v) is 9.41. The van der Waals surface area contributed by atoms with Gasteiger partial charge in [0.1, 0.15) is 5.82 Å². The molecule has 0 spiro atoms. The second kappa shape index (κ2) is 6.12. The van der Waals surface area contributed by atoms with Crippen LogP contribution in [0.4, 0.5) is 5.82 Å². The van der Waals surface area contributed by atoms with Gasteiger partial charge in [-0.3, -0.25) is 0 Å². The maximum absolute atomic E-state index is 5.51. The third-order valence-electron chi connectivity index (χ3n) is 5.00. The number of rotatable bonds is 3. The van der Waals surface area contributed by atoms with Crippen molar-refractivity contribution >= 4 is 33.5 Å². The largest absolute Gasteiger partial charge is 0.378 e. The number of nitrogens with zero attached hydrogens (tertiary/aromatic N) is 8. The van der Waals surface area contributed by atoms with E-state index in [9.17, 15) is 0 Å². The van der Waals surface area contributed by atoms with Gasteiger partial charge >= 0.3 is 0 Å². The summed E-state index contributed by atoms with van der Waals surface area (Å²) in [5, 5.41) is 11.2. The van der Waals surface area contributed by atoms with Crippen molar-refractivity contribution in [3.05, 3.63) is 18.2 Å². The van der Waals surface area contributed by atoms with Crippen LogP contribution in [0, 0.1) is 0 Å². The van der Waals surface area contributed by atoms with Crippen molar-refractivity contribution in [1.82, 2.24) is 34.3 Å². The van der Waals surface area contributed by atoms with Gasteiger partial charge < -0.3 is 9.64 Å². The van der Waals surface area contributed by atoms with Gasteiger partial charge in [-0.15, -0.1) is 5.10 Å². The van der Waals surface area contributed by atoms with E-state index in [1.165, 1.54) is 0 Å². The summed E-state index contributed by atoms with van der Waals surface area (Å²) < 4.78 is 9.29. The highest BCUT2D eigenvalue weighted by atomic mass is 16.5. The van der Waals surface area contributed by atoms with E-state index >= 15 is 0 Å². The van der Waals surface area contributed by atoms with Gasteiger partial charge in [-0.25, -0.2) is 9.67 Å². The monoisotopic (exact) mass is 366 g/mol. The van der Waals surface area contributed by atoms with Crippen molar-refractivity contribution in [3.63, 3.8) is 0 Å². The molecule has 0 amide bonds. The van der Waals surface area contributed by atoms with Crippen molar-refractivity contribution in [1.29, 1.82) is 0 Å². The van der Waals surface area contributed by atoms with Crippen LogP contribution in [0.15, 0.2) is 12.4 Å². The van der Waals surface area contributed by atoms with E-state index in [1.807, 2.05) is 28.5 Å². The van der Waals surface area contributed by atoms with Gasteiger partial charge in [0, 0.05) is 31.7 Å². The quantitative estimate of drug-likeness (QED) is 0.548. The van der Waals surface area contributed by atoms with Crippen LogP contribution in [-0.4, -0.2) is 60.6 Å². The first kappa shape index (κ1) is 16.4. The summed E-state index contributed by atoms with van der Waals surface area (Å²) in [7, 11) is 0. The molecule has 1 fully saturated rings. The fourth-order valence-electron chi connectivity index (χ4n) is 3.64. The molecule has 0 atom stereocenters. The van der Waals surface area contributed by atoms with Crippen molar-refractivity contribution in [2.45, 2.75) is 33.2 Å². The highest BCUT2D eigenvalue weighted by Crippen LogP contribution is 2.31. The number of hydrogen-bond donors (Lipinski definition) is 0. The number of pyridine rings is 1. The van der Waals surface area contributed by atoms with E-state index in [-0.39, 0.29) is 6.04 Å². The molecular formula is C18H22N8O. The molecule has 0 N–H and O–H groups in total. The van der Waals surface area contributed by atoms with Gasteiger partial charge in [-0.2, -0.15) is 19.6 Å². The van der Waals surface area contributed by atoms with Gasteiger partial charge in [0.25, 0.3) is 5.78 Å². The van der Waals surface area contributed by atoms with Crippen molar-refractivity contribution in [3.8, 4) is 0 Å². The fraction of sp³-hybridized carbons (Fsp3) is 0.500. The predicted molar refractivity (Wildman–Crippen MR) is 102 cm³/mol. The molecule has 140 valence electrons. The molecule has 0 unspecified atom stereocenters. The van der Waals surface area contributed by atoms with Gasteiger partial charge in [0.05, 0.1) is 35.7 Å². The highest BCUT2D eigenvalue weighted by Gasteiger charge is 2.22. The van der Waals surface area contributed by atoms with Gasteiger partial charge in [0.2, 0.25) is 0 Å². The SMILES string of the molecule is CCc1nc2nc(N3CCOCC3)c3cnc4c(cnn4C(C)C)c3n2n1. The van der Waals surface area contributed by atoms with Crippen LogP contribution in [0.2, 0.25) is 0 Å². The minimum absolute atomic E-state index is 0.227. The average molecular weight is 366 g/mol. The van der Waals surface area contributed by atoms with Crippen LogP contribution >= 0.6 is 0 Å². The Hall–Kier alpha value is -2.81. The van der Waals surface area contributed by atoms with Crippen LogP contribution in [-0.2, 0) is 11.2 Å². The third-order valence-corrected chi connectivity index (χ3v) is 5.00. The van der Waals surface area contributed by atoms with Crippen LogP contribution in [0.3, 0.4) is 0 Å². The number of anilines is 1. The van der Waals surface area contributed by atoms with Gasteiger partial charge in [0.15, 0.2) is 11.5 Å². The molecule has 4 aromatic heterocycles. The Morgan fingerprint density at radius 3 is 2.67 bits per heavy atom. The second-order valence-corrected chi connectivity index (χ2v) is 7.07. The molecule has 5 rings (SSSR count). The number of morpholine rings is 1. The van der Waals surface area contributed by atoms with Crippen molar-refractivity contribution < 1.29 is 4.74 Å². The highest BCUT2D eigenvalue weighted by molar-refractivity contribution is 6.06. The Morgan fingerprint density at radius 2 is 1.93 bits per heavy atom. The Kier molecular flexibility index (Phi) is 3.71. The molecule has 4 aromatic rings. The Bertz CT molecular complexity index is 1140. The van der Waals surface area contributed by atoms with Crippen LogP contribution in [0.1, 0.15) is 32.6 Å². The number of hydrogen-bond acceptors (Lipinski definition) is 7. The lowest BCUT2D eigenvalue weighted by Gasteiger charge is -2.28. The number of ether oxygens (including phenoxy) is 1. The van der Waals surface area contributed by atoms with Crippen LogP contribution in [0.25, 0.3) is 27.7 Å².